The van der Waals surface area contributed by atoms with Crippen molar-refractivity contribution in [1.82, 2.24) is 4.98 Å². The first-order valence-corrected chi connectivity index (χ1v) is 10.0. The van der Waals surface area contributed by atoms with Gasteiger partial charge in [0, 0.05) is 27.6 Å². The summed E-state index contributed by atoms with van der Waals surface area (Å²) in [5, 5.41) is 5.67. The minimum Gasteiger partial charge on any atom is -0.307 e. The maximum Gasteiger partial charge on any atom is 0.328 e. The average molecular weight is 430 g/mol. The number of anilines is 2. The van der Waals surface area contributed by atoms with Gasteiger partial charge < -0.3 is 5.32 Å². The lowest BCUT2D eigenvalue weighted by Crippen LogP contribution is -2.34. The quantitative estimate of drug-likeness (QED) is 0.532. The first-order valence-electron chi connectivity index (χ1n) is 8.35. The van der Waals surface area contributed by atoms with Crippen molar-refractivity contribution in [3.63, 3.8) is 0 Å². The van der Waals surface area contributed by atoms with Crippen LogP contribution in [-0.4, -0.2) is 17.6 Å². The van der Waals surface area contributed by atoms with Crippen LogP contribution in [-0.2, 0) is 0 Å². The molecule has 2 aromatic carbocycles. The number of aromatic nitrogens is 1. The van der Waals surface area contributed by atoms with Crippen LogP contribution in [0.2, 0.25) is 0 Å². The van der Waals surface area contributed by atoms with Crippen LogP contribution in [0.1, 0.15) is 18.1 Å². The Labute approximate surface area is 166 Å². The summed E-state index contributed by atoms with van der Waals surface area (Å²) in [7, 11) is 0. The maximum absolute atomic E-state index is 12.8. The Balaban J connectivity index is 1.81. The number of halogens is 1. The summed E-state index contributed by atoms with van der Waals surface area (Å²) in [4.78, 5) is 19.1. The van der Waals surface area contributed by atoms with E-state index in [-0.39, 0.29) is 6.03 Å². The largest absolute Gasteiger partial charge is 0.328 e. The molecule has 0 aliphatic heterocycles. The number of nitrogens with one attached hydrogen (secondary N) is 1. The maximum atomic E-state index is 12.8. The zero-order valence-corrected chi connectivity index (χ0v) is 17.3. The molecular formula is C20H20BrN3OS. The molecule has 134 valence electrons. The second-order valence-corrected chi connectivity index (χ2v) is 7.70. The SMILES string of the molecule is CCN(C(=O)Nc1cccc(C)c1C)c1nc(-c2ccc(Br)cc2)cs1. The minimum atomic E-state index is -0.169. The number of amides is 2. The number of thiazole rings is 1. The van der Waals surface area contributed by atoms with E-state index in [1.54, 1.807) is 4.90 Å². The van der Waals surface area contributed by atoms with Gasteiger partial charge in [0.05, 0.1) is 5.69 Å². The molecule has 2 amide bonds. The smallest absolute Gasteiger partial charge is 0.307 e. The summed E-state index contributed by atoms with van der Waals surface area (Å²) >= 11 is 4.91. The van der Waals surface area contributed by atoms with Crippen LogP contribution in [0.15, 0.2) is 52.3 Å². The molecule has 0 unspecified atom stereocenters. The molecule has 3 rings (SSSR count). The van der Waals surface area contributed by atoms with Gasteiger partial charge in [0.25, 0.3) is 0 Å². The molecule has 4 nitrogen and oxygen atoms in total. The van der Waals surface area contributed by atoms with Crippen molar-refractivity contribution in [2.75, 3.05) is 16.8 Å². The van der Waals surface area contributed by atoms with Gasteiger partial charge >= 0.3 is 6.03 Å². The second kappa shape index (κ2) is 8.01. The lowest BCUT2D eigenvalue weighted by atomic mass is 10.1. The number of hydrogen-bond acceptors (Lipinski definition) is 3. The molecule has 26 heavy (non-hydrogen) atoms. The van der Waals surface area contributed by atoms with Crippen molar-refractivity contribution in [2.24, 2.45) is 0 Å². The molecular weight excluding hydrogens is 410 g/mol. The Morgan fingerprint density at radius 3 is 2.62 bits per heavy atom. The van der Waals surface area contributed by atoms with Crippen molar-refractivity contribution >= 4 is 44.1 Å². The Kier molecular flexibility index (Phi) is 5.74. The Bertz CT molecular complexity index is 921. The summed E-state index contributed by atoms with van der Waals surface area (Å²) in [6, 6.07) is 13.7. The van der Waals surface area contributed by atoms with E-state index in [1.165, 1.54) is 11.3 Å². The number of nitrogens with zero attached hydrogens (tertiary/aromatic N) is 2. The van der Waals surface area contributed by atoms with Crippen molar-refractivity contribution in [1.29, 1.82) is 0 Å². The highest BCUT2D eigenvalue weighted by Crippen LogP contribution is 2.29. The highest BCUT2D eigenvalue weighted by atomic mass is 79.9. The topological polar surface area (TPSA) is 45.2 Å². The van der Waals surface area contributed by atoms with Crippen LogP contribution in [0.3, 0.4) is 0 Å². The molecule has 0 fully saturated rings. The first-order chi connectivity index (χ1) is 12.5. The van der Waals surface area contributed by atoms with Gasteiger partial charge in [-0.05, 0) is 50.1 Å². The van der Waals surface area contributed by atoms with Gasteiger partial charge in [-0.25, -0.2) is 9.78 Å². The van der Waals surface area contributed by atoms with Gasteiger partial charge in [0.2, 0.25) is 0 Å². The molecule has 0 spiro atoms. The van der Waals surface area contributed by atoms with E-state index in [0.717, 1.165) is 32.5 Å². The molecule has 0 aliphatic rings. The van der Waals surface area contributed by atoms with Gasteiger partial charge in [-0.15, -0.1) is 11.3 Å². The predicted molar refractivity (Wildman–Crippen MR) is 113 cm³/mol. The zero-order chi connectivity index (χ0) is 18.7. The second-order valence-electron chi connectivity index (χ2n) is 5.94. The molecule has 6 heteroatoms. The molecule has 0 aliphatic carbocycles. The van der Waals surface area contributed by atoms with Crippen LogP contribution < -0.4 is 10.2 Å². The fourth-order valence-electron chi connectivity index (χ4n) is 2.58. The van der Waals surface area contributed by atoms with Crippen molar-refractivity contribution in [3.8, 4) is 11.3 Å². The average Bonchev–Trinajstić information content (AvgIpc) is 3.10. The van der Waals surface area contributed by atoms with Crippen LogP contribution in [0, 0.1) is 13.8 Å². The van der Waals surface area contributed by atoms with Crippen LogP contribution in [0.4, 0.5) is 15.6 Å². The van der Waals surface area contributed by atoms with Crippen LogP contribution in [0.25, 0.3) is 11.3 Å². The molecule has 1 N–H and O–H groups in total. The first kappa shape index (κ1) is 18.6. The fourth-order valence-corrected chi connectivity index (χ4v) is 3.74. The summed E-state index contributed by atoms with van der Waals surface area (Å²) < 4.78 is 1.03. The van der Waals surface area contributed by atoms with Gasteiger partial charge in [0.1, 0.15) is 0 Å². The van der Waals surface area contributed by atoms with E-state index in [2.05, 4.69) is 26.2 Å². The number of carbonyl (C=O) groups is 1. The monoisotopic (exact) mass is 429 g/mol. The Morgan fingerprint density at radius 2 is 1.92 bits per heavy atom. The van der Waals surface area contributed by atoms with Gasteiger partial charge in [-0.2, -0.15) is 0 Å². The third kappa shape index (κ3) is 3.97. The highest BCUT2D eigenvalue weighted by Gasteiger charge is 2.18. The molecule has 0 atom stereocenters. The highest BCUT2D eigenvalue weighted by molar-refractivity contribution is 9.10. The third-order valence-corrected chi connectivity index (χ3v) is 5.66. The van der Waals surface area contributed by atoms with Gasteiger partial charge in [0.15, 0.2) is 5.13 Å². The number of rotatable bonds is 4. The van der Waals surface area contributed by atoms with Crippen LogP contribution in [0.5, 0.6) is 0 Å². The molecule has 3 aromatic rings. The molecule has 0 radical (unpaired) electrons. The number of carbonyl (C=O) groups excluding carboxylic acids is 1. The number of benzene rings is 2. The van der Waals surface area contributed by atoms with Gasteiger partial charge in [-0.3, -0.25) is 4.90 Å². The summed E-state index contributed by atoms with van der Waals surface area (Å²) in [5.74, 6) is 0. The fraction of sp³-hybridized carbons (Fsp3) is 0.200. The lowest BCUT2D eigenvalue weighted by molar-refractivity contribution is 0.257. The normalized spacial score (nSPS) is 10.6. The van der Waals surface area contributed by atoms with E-state index in [4.69, 9.17) is 0 Å². The van der Waals surface area contributed by atoms with E-state index in [0.29, 0.717) is 11.7 Å². The Morgan fingerprint density at radius 1 is 1.19 bits per heavy atom. The summed E-state index contributed by atoms with van der Waals surface area (Å²) in [5.41, 5.74) is 4.96. The molecule has 1 aromatic heterocycles. The van der Waals surface area contributed by atoms with Crippen molar-refractivity contribution in [3.05, 3.63) is 63.4 Å². The lowest BCUT2D eigenvalue weighted by Gasteiger charge is -2.19. The summed E-state index contributed by atoms with van der Waals surface area (Å²) in [6.07, 6.45) is 0. The molecule has 0 saturated heterocycles. The van der Waals surface area contributed by atoms with E-state index in [9.17, 15) is 4.79 Å². The van der Waals surface area contributed by atoms with E-state index in [1.807, 2.05) is 68.6 Å². The molecule has 1 heterocycles. The van der Waals surface area contributed by atoms with E-state index < -0.39 is 0 Å². The molecule has 0 saturated carbocycles. The van der Waals surface area contributed by atoms with Crippen molar-refractivity contribution in [2.45, 2.75) is 20.8 Å². The zero-order valence-electron chi connectivity index (χ0n) is 14.9. The van der Waals surface area contributed by atoms with Crippen LogP contribution >= 0.6 is 27.3 Å². The standard InChI is InChI=1S/C20H20BrN3OS/c1-4-24(19(25)22-17-7-5-6-13(2)14(17)3)20-23-18(12-26-20)15-8-10-16(21)11-9-15/h5-12H,4H2,1-3H3,(H,22,25). The molecule has 0 bridgehead atoms. The third-order valence-electron chi connectivity index (χ3n) is 4.27. The van der Waals surface area contributed by atoms with Gasteiger partial charge in [-0.1, -0.05) is 40.2 Å². The minimum absolute atomic E-state index is 0.169. The number of urea groups is 1. The number of aryl methyl sites for hydroxylation is 1. The Hall–Kier alpha value is -2.18. The summed E-state index contributed by atoms with van der Waals surface area (Å²) in [6.45, 7) is 6.54. The number of hydrogen-bond donors (Lipinski definition) is 1. The van der Waals surface area contributed by atoms with Crippen molar-refractivity contribution < 1.29 is 4.79 Å². The van der Waals surface area contributed by atoms with E-state index >= 15 is 0 Å². The predicted octanol–water partition coefficient (Wildman–Crippen LogP) is 6.25.